The molecule has 1 aromatic rings. The van der Waals surface area contributed by atoms with Crippen LogP contribution in [0, 0.1) is 0 Å². The highest BCUT2D eigenvalue weighted by Crippen LogP contribution is 2.26. The summed E-state index contributed by atoms with van der Waals surface area (Å²) in [5.74, 6) is 0.552. The molecule has 14 heavy (non-hydrogen) atoms. The number of hydrogen-bond acceptors (Lipinski definition) is 4. The third kappa shape index (κ3) is 2.02. The van der Waals surface area contributed by atoms with Gasteiger partial charge in [0.15, 0.2) is 5.13 Å². The fourth-order valence-corrected chi connectivity index (χ4v) is 2.62. The molecule has 0 radical (unpaired) electrons. The molecule has 1 aliphatic rings. The van der Waals surface area contributed by atoms with E-state index in [2.05, 4.69) is 16.8 Å². The van der Waals surface area contributed by atoms with E-state index in [1.807, 2.05) is 6.20 Å². The fraction of sp³-hybridized carbons (Fsp3) is 0.667. The van der Waals surface area contributed by atoms with E-state index in [1.165, 1.54) is 0 Å². The van der Waals surface area contributed by atoms with Gasteiger partial charge in [-0.25, -0.2) is 4.98 Å². The number of anilines is 1. The number of aromatic nitrogens is 1. The number of halogens is 1. The van der Waals surface area contributed by atoms with Crippen LogP contribution in [0.25, 0.3) is 0 Å². The molecular weight excluding hydrogens is 220 g/mol. The maximum absolute atomic E-state index is 5.74. The summed E-state index contributed by atoms with van der Waals surface area (Å²) >= 11 is 7.41. The zero-order chi connectivity index (χ0) is 9.97. The molecule has 0 N–H and O–H groups in total. The number of nitrogens with zero attached hydrogens (tertiary/aromatic N) is 2. The van der Waals surface area contributed by atoms with Gasteiger partial charge in [-0.05, 0) is 6.92 Å². The molecule has 1 atom stereocenters. The molecule has 1 unspecified atom stereocenters. The molecule has 0 saturated carbocycles. The zero-order valence-electron chi connectivity index (χ0n) is 8.07. The SMILES string of the molecule is CC1COCCN1c1ncc(CCl)s1. The number of thiazole rings is 1. The van der Waals surface area contributed by atoms with Gasteiger partial charge in [0.2, 0.25) is 0 Å². The second kappa shape index (κ2) is 4.47. The molecule has 0 aliphatic carbocycles. The van der Waals surface area contributed by atoms with Gasteiger partial charge < -0.3 is 9.64 Å². The van der Waals surface area contributed by atoms with Crippen molar-refractivity contribution in [2.45, 2.75) is 18.8 Å². The minimum atomic E-state index is 0.415. The van der Waals surface area contributed by atoms with Gasteiger partial charge in [-0.3, -0.25) is 0 Å². The molecular formula is C9H13ClN2OS. The molecule has 0 bridgehead atoms. The van der Waals surface area contributed by atoms with Crippen LogP contribution >= 0.6 is 22.9 Å². The zero-order valence-corrected chi connectivity index (χ0v) is 9.64. The number of morpholine rings is 1. The quantitative estimate of drug-likeness (QED) is 0.731. The average molecular weight is 233 g/mol. The van der Waals surface area contributed by atoms with Crippen LogP contribution in [-0.2, 0) is 10.6 Å². The van der Waals surface area contributed by atoms with Crippen molar-refractivity contribution in [1.82, 2.24) is 4.98 Å². The van der Waals surface area contributed by atoms with Gasteiger partial charge in [0.1, 0.15) is 0 Å². The van der Waals surface area contributed by atoms with Crippen LogP contribution in [0.15, 0.2) is 6.20 Å². The topological polar surface area (TPSA) is 25.4 Å². The Morgan fingerprint density at radius 1 is 1.79 bits per heavy atom. The Hall–Kier alpha value is -0.320. The van der Waals surface area contributed by atoms with Crippen LogP contribution in [-0.4, -0.2) is 30.8 Å². The molecule has 2 rings (SSSR count). The van der Waals surface area contributed by atoms with E-state index in [9.17, 15) is 0 Å². The molecule has 78 valence electrons. The standard InChI is InChI=1S/C9H13ClN2OS/c1-7-6-13-3-2-12(7)9-11-5-8(4-10)14-9/h5,7H,2-4,6H2,1H3. The average Bonchev–Trinajstić information content (AvgIpc) is 2.67. The van der Waals surface area contributed by atoms with Gasteiger partial charge in [-0.15, -0.1) is 22.9 Å². The summed E-state index contributed by atoms with van der Waals surface area (Å²) in [6.07, 6.45) is 1.86. The van der Waals surface area contributed by atoms with Gasteiger partial charge in [-0.1, -0.05) is 0 Å². The van der Waals surface area contributed by atoms with E-state index in [1.54, 1.807) is 11.3 Å². The molecule has 1 aliphatic heterocycles. The lowest BCUT2D eigenvalue weighted by molar-refractivity contribution is 0.0989. The molecule has 1 fully saturated rings. The van der Waals surface area contributed by atoms with Crippen LogP contribution in [0.5, 0.6) is 0 Å². The summed E-state index contributed by atoms with van der Waals surface area (Å²) in [5, 5.41) is 1.07. The highest BCUT2D eigenvalue weighted by atomic mass is 35.5. The summed E-state index contributed by atoms with van der Waals surface area (Å²) in [6.45, 7) is 4.66. The molecule has 2 heterocycles. The van der Waals surface area contributed by atoms with Crippen LogP contribution in [0.4, 0.5) is 5.13 Å². The van der Waals surface area contributed by atoms with Crippen molar-refractivity contribution in [2.24, 2.45) is 0 Å². The Balaban J connectivity index is 2.12. The molecule has 5 heteroatoms. The van der Waals surface area contributed by atoms with E-state index in [-0.39, 0.29) is 0 Å². The third-order valence-electron chi connectivity index (χ3n) is 2.29. The smallest absolute Gasteiger partial charge is 0.185 e. The van der Waals surface area contributed by atoms with E-state index >= 15 is 0 Å². The van der Waals surface area contributed by atoms with Gasteiger partial charge in [0.05, 0.1) is 25.1 Å². The molecule has 1 saturated heterocycles. The first-order valence-corrected chi connectivity index (χ1v) is 6.01. The molecule has 0 amide bonds. The summed E-state index contributed by atoms with van der Waals surface area (Å²) in [4.78, 5) is 7.77. The third-order valence-corrected chi connectivity index (χ3v) is 3.77. The Labute approximate surface area is 92.7 Å². The Morgan fingerprint density at radius 3 is 3.29 bits per heavy atom. The number of alkyl halides is 1. The van der Waals surface area contributed by atoms with Crippen LogP contribution in [0.2, 0.25) is 0 Å². The minimum Gasteiger partial charge on any atom is -0.377 e. The molecule has 1 aromatic heterocycles. The summed E-state index contributed by atoms with van der Waals surface area (Å²) < 4.78 is 5.38. The first kappa shape index (κ1) is 10.2. The molecule has 0 aromatic carbocycles. The van der Waals surface area contributed by atoms with Crippen LogP contribution < -0.4 is 4.90 Å². The minimum absolute atomic E-state index is 0.415. The lowest BCUT2D eigenvalue weighted by Crippen LogP contribution is -2.43. The highest BCUT2D eigenvalue weighted by molar-refractivity contribution is 7.15. The Kier molecular flexibility index (Phi) is 3.26. The first-order valence-electron chi connectivity index (χ1n) is 4.66. The van der Waals surface area contributed by atoms with Gasteiger partial charge >= 0.3 is 0 Å². The van der Waals surface area contributed by atoms with Crippen LogP contribution in [0.1, 0.15) is 11.8 Å². The van der Waals surface area contributed by atoms with Crippen molar-refractivity contribution in [3.05, 3.63) is 11.1 Å². The van der Waals surface area contributed by atoms with E-state index in [0.717, 1.165) is 29.8 Å². The van der Waals surface area contributed by atoms with Gasteiger partial charge in [-0.2, -0.15) is 0 Å². The maximum Gasteiger partial charge on any atom is 0.185 e. The number of rotatable bonds is 2. The Bertz CT molecular complexity index is 305. The number of ether oxygens (including phenoxy) is 1. The summed E-state index contributed by atoms with van der Waals surface area (Å²) in [6, 6.07) is 0.415. The van der Waals surface area contributed by atoms with Crippen LogP contribution in [0.3, 0.4) is 0 Å². The van der Waals surface area contributed by atoms with Crippen molar-refractivity contribution in [2.75, 3.05) is 24.7 Å². The fourth-order valence-electron chi connectivity index (χ4n) is 1.50. The first-order chi connectivity index (χ1) is 6.81. The predicted molar refractivity (Wildman–Crippen MR) is 59.3 cm³/mol. The van der Waals surface area contributed by atoms with Crippen molar-refractivity contribution in [3.8, 4) is 0 Å². The predicted octanol–water partition coefficient (Wildman–Crippen LogP) is 2.11. The van der Waals surface area contributed by atoms with Gasteiger partial charge in [0, 0.05) is 17.6 Å². The van der Waals surface area contributed by atoms with E-state index < -0.39 is 0 Å². The Morgan fingerprint density at radius 2 is 2.64 bits per heavy atom. The second-order valence-electron chi connectivity index (χ2n) is 3.36. The lowest BCUT2D eigenvalue weighted by atomic mass is 10.3. The van der Waals surface area contributed by atoms with E-state index in [0.29, 0.717) is 11.9 Å². The largest absolute Gasteiger partial charge is 0.377 e. The summed E-state index contributed by atoms with van der Waals surface area (Å²) in [7, 11) is 0. The number of hydrogen-bond donors (Lipinski definition) is 0. The molecule has 0 spiro atoms. The normalized spacial score (nSPS) is 22.7. The van der Waals surface area contributed by atoms with Crippen molar-refractivity contribution < 1.29 is 4.74 Å². The second-order valence-corrected chi connectivity index (χ2v) is 4.72. The van der Waals surface area contributed by atoms with Gasteiger partial charge in [0.25, 0.3) is 0 Å². The van der Waals surface area contributed by atoms with Crippen molar-refractivity contribution in [1.29, 1.82) is 0 Å². The van der Waals surface area contributed by atoms with Crippen molar-refractivity contribution in [3.63, 3.8) is 0 Å². The molecule has 3 nitrogen and oxygen atoms in total. The monoisotopic (exact) mass is 232 g/mol. The summed E-state index contributed by atoms with van der Waals surface area (Å²) in [5.41, 5.74) is 0. The highest BCUT2D eigenvalue weighted by Gasteiger charge is 2.21. The maximum atomic E-state index is 5.74. The van der Waals surface area contributed by atoms with E-state index in [4.69, 9.17) is 16.3 Å². The lowest BCUT2D eigenvalue weighted by Gasteiger charge is -2.32. The van der Waals surface area contributed by atoms with Crippen molar-refractivity contribution >= 4 is 28.1 Å².